The Bertz CT molecular complexity index is 944. The highest BCUT2D eigenvalue weighted by Crippen LogP contribution is 2.29. The van der Waals surface area contributed by atoms with Crippen molar-refractivity contribution in [1.82, 2.24) is 14.5 Å². The first-order chi connectivity index (χ1) is 12.4. The van der Waals surface area contributed by atoms with E-state index in [0.717, 1.165) is 17.5 Å². The summed E-state index contributed by atoms with van der Waals surface area (Å²) in [5, 5.41) is 0. The molecule has 2 N–H and O–H groups in total. The molecule has 0 amide bonds. The summed E-state index contributed by atoms with van der Waals surface area (Å²) in [5.41, 5.74) is 9.34. The number of benzene rings is 1. The first-order valence-electron chi connectivity index (χ1n) is 9.10. The fourth-order valence-electron chi connectivity index (χ4n) is 2.85. The van der Waals surface area contributed by atoms with Crippen molar-refractivity contribution in [3.8, 4) is 0 Å². The number of rotatable bonds is 6. The Morgan fingerprint density at radius 1 is 1.12 bits per heavy atom. The number of hydrogen-bond acceptors (Lipinski definition) is 5. The number of anilines is 1. The lowest BCUT2D eigenvalue weighted by molar-refractivity contribution is 0.0462. The summed E-state index contributed by atoms with van der Waals surface area (Å²) in [4.78, 5) is 22.1. The van der Waals surface area contributed by atoms with Crippen LogP contribution in [-0.2, 0) is 11.3 Å². The van der Waals surface area contributed by atoms with E-state index in [2.05, 4.69) is 18.8 Å². The smallest absolute Gasteiger partial charge is 0.344 e. The molecule has 0 saturated carbocycles. The van der Waals surface area contributed by atoms with Crippen molar-refractivity contribution >= 4 is 34.0 Å². The molecule has 0 spiro atoms. The Hall–Kier alpha value is -2.63. The molecule has 0 atom stereocenters. The molecule has 0 radical (unpaired) electrons. The number of ether oxygens (including phenoxy) is 1. The minimum Gasteiger partial charge on any atom is -0.462 e. The molecule has 2 heterocycles. The highest BCUT2D eigenvalue weighted by Gasteiger charge is 2.25. The predicted molar refractivity (Wildman–Crippen MR) is 104 cm³/mol. The van der Waals surface area contributed by atoms with Gasteiger partial charge in [-0.05, 0) is 30.4 Å². The van der Waals surface area contributed by atoms with Gasteiger partial charge in [-0.15, -0.1) is 0 Å². The first kappa shape index (κ1) is 18.2. The lowest BCUT2D eigenvalue weighted by atomic mass is 10.1. The topological polar surface area (TPSA) is 83.0 Å². The molecule has 2 aromatic heterocycles. The van der Waals surface area contributed by atoms with Crippen molar-refractivity contribution < 1.29 is 9.53 Å². The third-order valence-electron chi connectivity index (χ3n) is 4.27. The van der Waals surface area contributed by atoms with Crippen LogP contribution in [0.2, 0.25) is 0 Å². The molecule has 0 bridgehead atoms. The average molecular weight is 354 g/mol. The zero-order valence-corrected chi connectivity index (χ0v) is 15.8. The summed E-state index contributed by atoms with van der Waals surface area (Å²) in [6.07, 6.45) is 0.934. The molecule has 0 fully saturated rings. The molecule has 3 aromatic rings. The van der Waals surface area contributed by atoms with Gasteiger partial charge in [0.05, 0.1) is 17.6 Å². The second kappa shape index (κ2) is 7.32. The zero-order valence-electron chi connectivity index (χ0n) is 15.8. The van der Waals surface area contributed by atoms with Crippen molar-refractivity contribution in [3.05, 3.63) is 29.8 Å². The molecule has 3 rings (SSSR count). The van der Waals surface area contributed by atoms with Gasteiger partial charge in [0.25, 0.3) is 0 Å². The quantitative estimate of drug-likeness (QED) is 0.676. The molecule has 1 aromatic carbocycles. The fourth-order valence-corrected chi connectivity index (χ4v) is 2.85. The number of nitrogens with two attached hydrogens (primary N) is 1. The molecule has 138 valence electrons. The van der Waals surface area contributed by atoms with Gasteiger partial charge in [-0.1, -0.05) is 39.8 Å². The van der Waals surface area contributed by atoms with Gasteiger partial charge >= 0.3 is 5.97 Å². The Morgan fingerprint density at radius 2 is 1.77 bits per heavy atom. The molecule has 26 heavy (non-hydrogen) atoms. The number of fused-ring (bicyclic) bond motifs is 2. The van der Waals surface area contributed by atoms with Gasteiger partial charge in [-0.2, -0.15) is 0 Å². The Labute approximate surface area is 153 Å². The first-order valence-corrected chi connectivity index (χ1v) is 9.10. The lowest BCUT2D eigenvalue weighted by Gasteiger charge is -2.10. The molecule has 0 aliphatic heterocycles. The number of esters is 1. The van der Waals surface area contributed by atoms with Crippen molar-refractivity contribution in [2.24, 2.45) is 11.8 Å². The van der Waals surface area contributed by atoms with Gasteiger partial charge in [0.15, 0.2) is 5.65 Å². The number of aryl methyl sites for hydroxylation is 1. The van der Waals surface area contributed by atoms with Gasteiger partial charge in [0.1, 0.15) is 16.9 Å². The minimum absolute atomic E-state index is 0.251. The number of para-hydroxylation sites is 2. The molecule has 6 nitrogen and oxygen atoms in total. The van der Waals surface area contributed by atoms with Crippen LogP contribution in [0.4, 0.5) is 5.82 Å². The van der Waals surface area contributed by atoms with Crippen LogP contribution in [0.3, 0.4) is 0 Å². The van der Waals surface area contributed by atoms with Crippen LogP contribution in [0, 0.1) is 11.8 Å². The van der Waals surface area contributed by atoms with Crippen molar-refractivity contribution in [3.63, 3.8) is 0 Å². The van der Waals surface area contributed by atoms with Crippen molar-refractivity contribution in [2.75, 3.05) is 12.3 Å². The zero-order chi connectivity index (χ0) is 18.8. The minimum atomic E-state index is -0.436. The second-order valence-corrected chi connectivity index (χ2v) is 7.47. The van der Waals surface area contributed by atoms with E-state index in [-0.39, 0.29) is 5.92 Å². The number of nitrogen functional groups attached to an aromatic ring is 1. The maximum absolute atomic E-state index is 12.7. The summed E-state index contributed by atoms with van der Waals surface area (Å²) in [7, 11) is 0. The summed E-state index contributed by atoms with van der Waals surface area (Å²) in [5.74, 6) is 0.705. The fraction of sp³-hybridized carbons (Fsp3) is 0.450. The van der Waals surface area contributed by atoms with Crippen LogP contribution >= 0.6 is 0 Å². The lowest BCUT2D eigenvalue weighted by Crippen LogP contribution is -2.13. The third-order valence-corrected chi connectivity index (χ3v) is 4.27. The predicted octanol–water partition coefficient (Wildman–Crippen LogP) is 4.03. The normalized spacial score (nSPS) is 11.8. The van der Waals surface area contributed by atoms with Crippen LogP contribution in [0.15, 0.2) is 24.3 Å². The summed E-state index contributed by atoms with van der Waals surface area (Å²) in [6, 6.07) is 7.62. The monoisotopic (exact) mass is 354 g/mol. The second-order valence-electron chi connectivity index (χ2n) is 7.47. The maximum atomic E-state index is 12.7. The van der Waals surface area contributed by atoms with E-state index in [9.17, 15) is 4.79 Å². The molecule has 0 aliphatic rings. The van der Waals surface area contributed by atoms with Crippen LogP contribution in [0.25, 0.3) is 22.2 Å². The van der Waals surface area contributed by atoms with Gasteiger partial charge in [-0.25, -0.2) is 14.8 Å². The molecular formula is C20H26N4O2. The van der Waals surface area contributed by atoms with Crippen LogP contribution < -0.4 is 5.73 Å². The van der Waals surface area contributed by atoms with Crippen molar-refractivity contribution in [1.29, 1.82) is 0 Å². The highest BCUT2D eigenvalue weighted by molar-refractivity contribution is 6.08. The Kier molecular flexibility index (Phi) is 5.11. The van der Waals surface area contributed by atoms with E-state index in [1.807, 2.05) is 42.7 Å². The van der Waals surface area contributed by atoms with E-state index >= 15 is 0 Å². The van der Waals surface area contributed by atoms with Gasteiger partial charge in [0, 0.05) is 6.54 Å². The van der Waals surface area contributed by atoms with Crippen LogP contribution in [-0.4, -0.2) is 27.1 Å². The Morgan fingerprint density at radius 3 is 2.38 bits per heavy atom. The van der Waals surface area contributed by atoms with Crippen LogP contribution in [0.5, 0.6) is 0 Å². The summed E-state index contributed by atoms with van der Waals surface area (Å²) >= 11 is 0. The molecule has 0 saturated heterocycles. The number of hydrogen-bond donors (Lipinski definition) is 1. The van der Waals surface area contributed by atoms with Gasteiger partial charge < -0.3 is 15.0 Å². The molecule has 0 unspecified atom stereocenters. The number of carbonyl (C=O) groups excluding carboxylic acids is 1. The largest absolute Gasteiger partial charge is 0.462 e. The van der Waals surface area contributed by atoms with E-state index in [4.69, 9.17) is 15.5 Å². The van der Waals surface area contributed by atoms with Crippen LogP contribution in [0.1, 0.15) is 44.5 Å². The molecular weight excluding hydrogens is 328 g/mol. The van der Waals surface area contributed by atoms with E-state index in [1.165, 1.54) is 0 Å². The third kappa shape index (κ3) is 3.49. The summed E-state index contributed by atoms with van der Waals surface area (Å²) in [6.45, 7) is 9.33. The maximum Gasteiger partial charge on any atom is 0.344 e. The van der Waals surface area contributed by atoms with E-state index < -0.39 is 5.97 Å². The van der Waals surface area contributed by atoms with E-state index in [1.54, 1.807) is 0 Å². The number of aromatic nitrogens is 3. The SMILES string of the molecule is CC(C)CCn1c(N)c(C(=O)OCC(C)C)c2nc3ccccc3nc21. The average Bonchev–Trinajstić information content (AvgIpc) is 2.86. The molecule has 6 heteroatoms. The Balaban J connectivity index is 2.16. The van der Waals surface area contributed by atoms with Crippen molar-refractivity contribution in [2.45, 2.75) is 40.7 Å². The number of carbonyl (C=O) groups is 1. The van der Waals surface area contributed by atoms with E-state index in [0.29, 0.717) is 41.6 Å². The summed E-state index contributed by atoms with van der Waals surface area (Å²) < 4.78 is 7.32. The van der Waals surface area contributed by atoms with Gasteiger partial charge in [-0.3, -0.25) is 0 Å². The number of nitrogens with zero attached hydrogens (tertiary/aromatic N) is 3. The standard InChI is InChI=1S/C20H26N4O2/c1-12(2)9-10-24-18(21)16(20(25)26-11-13(3)4)17-19(24)23-15-8-6-5-7-14(15)22-17/h5-8,12-13H,9-11,21H2,1-4H3. The highest BCUT2D eigenvalue weighted by atomic mass is 16.5. The van der Waals surface area contributed by atoms with Gasteiger partial charge in [0.2, 0.25) is 0 Å². The molecule has 0 aliphatic carbocycles.